The predicted octanol–water partition coefficient (Wildman–Crippen LogP) is 1.99. The topological polar surface area (TPSA) is 71.5 Å². The van der Waals surface area contributed by atoms with Gasteiger partial charge in [-0.2, -0.15) is 0 Å². The molecule has 0 amide bonds. The number of nitrogens with two attached hydrogens (primary N) is 1. The Morgan fingerprint density at radius 2 is 2.33 bits per heavy atom. The normalized spacial score (nSPS) is 11.7. The highest BCUT2D eigenvalue weighted by Gasteiger charge is 2.04. The van der Waals surface area contributed by atoms with Gasteiger partial charge in [0.05, 0.1) is 5.03 Å². The summed E-state index contributed by atoms with van der Waals surface area (Å²) in [4.78, 5) is 4.36. The molecule has 0 atom stereocenters. The lowest BCUT2D eigenvalue weighted by Gasteiger charge is -2.04. The third-order valence-corrected chi connectivity index (χ3v) is 2.90. The number of amidine groups is 1. The molecule has 0 spiro atoms. The van der Waals surface area contributed by atoms with Crippen molar-refractivity contribution < 1.29 is 5.21 Å². The van der Waals surface area contributed by atoms with Gasteiger partial charge in [-0.1, -0.05) is 12.1 Å². The molecule has 0 aliphatic heterocycles. The van der Waals surface area contributed by atoms with E-state index in [2.05, 4.69) is 17.1 Å². The van der Waals surface area contributed by atoms with E-state index in [1.165, 1.54) is 0 Å². The summed E-state index contributed by atoms with van der Waals surface area (Å²) in [7, 11) is 0. The second-order valence-electron chi connectivity index (χ2n) is 3.17. The molecule has 0 saturated heterocycles. The van der Waals surface area contributed by atoms with Crippen molar-refractivity contribution in [2.75, 3.05) is 5.75 Å². The van der Waals surface area contributed by atoms with Crippen molar-refractivity contribution in [1.29, 1.82) is 0 Å². The minimum atomic E-state index is 0.124. The van der Waals surface area contributed by atoms with Crippen molar-refractivity contribution in [3.8, 4) is 0 Å². The number of aryl methyl sites for hydroxylation is 1. The zero-order chi connectivity index (χ0) is 11.3. The molecule has 0 fully saturated rings. The number of pyridine rings is 1. The lowest BCUT2D eigenvalue weighted by molar-refractivity contribution is 0.318. The standard InChI is InChI=1S/C10H15N3OS/c1-3-4-15-9-6-8(10(11)13-14)5-7(2)12-9/h5-6,14H,3-4H2,1-2H3,(H2,11,13). The first-order chi connectivity index (χ1) is 7.17. The van der Waals surface area contributed by atoms with Crippen LogP contribution in [0.2, 0.25) is 0 Å². The molecule has 0 aliphatic carbocycles. The first-order valence-corrected chi connectivity index (χ1v) is 5.75. The molecule has 0 aromatic carbocycles. The van der Waals surface area contributed by atoms with E-state index in [9.17, 15) is 0 Å². The fraction of sp³-hybridized carbons (Fsp3) is 0.400. The SMILES string of the molecule is CCCSc1cc(/C(N)=N/O)cc(C)n1. The molecule has 0 saturated carbocycles. The molecule has 1 heterocycles. The number of aromatic nitrogens is 1. The summed E-state index contributed by atoms with van der Waals surface area (Å²) in [6.45, 7) is 4.01. The largest absolute Gasteiger partial charge is 0.409 e. The van der Waals surface area contributed by atoms with Crippen LogP contribution in [-0.4, -0.2) is 21.8 Å². The maximum absolute atomic E-state index is 8.58. The van der Waals surface area contributed by atoms with Gasteiger partial charge in [0.2, 0.25) is 0 Å². The Kier molecular flexibility index (Phi) is 4.42. The van der Waals surface area contributed by atoms with E-state index in [0.29, 0.717) is 5.56 Å². The van der Waals surface area contributed by atoms with Crippen LogP contribution >= 0.6 is 11.8 Å². The molecule has 1 aromatic rings. The van der Waals surface area contributed by atoms with E-state index < -0.39 is 0 Å². The summed E-state index contributed by atoms with van der Waals surface area (Å²) >= 11 is 1.67. The summed E-state index contributed by atoms with van der Waals surface area (Å²) in [5.41, 5.74) is 7.11. The van der Waals surface area contributed by atoms with Gasteiger partial charge in [-0.05, 0) is 31.2 Å². The van der Waals surface area contributed by atoms with Gasteiger partial charge >= 0.3 is 0 Å². The maximum atomic E-state index is 8.58. The van der Waals surface area contributed by atoms with E-state index in [-0.39, 0.29) is 5.84 Å². The van der Waals surface area contributed by atoms with E-state index >= 15 is 0 Å². The van der Waals surface area contributed by atoms with E-state index in [1.807, 2.05) is 13.0 Å². The number of hydrogen-bond acceptors (Lipinski definition) is 4. The number of oxime groups is 1. The van der Waals surface area contributed by atoms with Crippen molar-refractivity contribution >= 4 is 17.6 Å². The molecule has 0 bridgehead atoms. The average Bonchev–Trinajstić information content (AvgIpc) is 2.24. The average molecular weight is 225 g/mol. The van der Waals surface area contributed by atoms with Gasteiger partial charge in [0, 0.05) is 11.3 Å². The van der Waals surface area contributed by atoms with Crippen LogP contribution in [0.15, 0.2) is 22.3 Å². The molecule has 1 aromatic heterocycles. The zero-order valence-electron chi connectivity index (χ0n) is 8.90. The Morgan fingerprint density at radius 3 is 2.93 bits per heavy atom. The van der Waals surface area contributed by atoms with Gasteiger partial charge in [-0.15, -0.1) is 11.8 Å². The van der Waals surface area contributed by atoms with E-state index in [0.717, 1.165) is 22.9 Å². The Hall–Kier alpha value is -1.23. The van der Waals surface area contributed by atoms with Crippen molar-refractivity contribution in [3.05, 3.63) is 23.4 Å². The Labute approximate surface area is 93.6 Å². The van der Waals surface area contributed by atoms with Crippen LogP contribution in [0.4, 0.5) is 0 Å². The molecular formula is C10H15N3OS. The Balaban J connectivity index is 2.94. The fourth-order valence-corrected chi connectivity index (χ4v) is 1.96. The molecule has 0 aliphatic rings. The zero-order valence-corrected chi connectivity index (χ0v) is 9.71. The molecule has 0 unspecified atom stereocenters. The summed E-state index contributed by atoms with van der Waals surface area (Å²) in [6, 6.07) is 3.63. The van der Waals surface area contributed by atoms with Crippen LogP contribution in [-0.2, 0) is 0 Å². The Bertz CT molecular complexity index is 366. The molecule has 1 rings (SSSR count). The second kappa shape index (κ2) is 5.60. The summed E-state index contributed by atoms with van der Waals surface area (Å²) < 4.78 is 0. The fourth-order valence-electron chi connectivity index (χ4n) is 1.12. The third-order valence-electron chi connectivity index (χ3n) is 1.79. The van der Waals surface area contributed by atoms with Gasteiger partial charge in [0.15, 0.2) is 5.84 Å². The van der Waals surface area contributed by atoms with Crippen LogP contribution in [0.3, 0.4) is 0 Å². The molecule has 15 heavy (non-hydrogen) atoms. The lowest BCUT2D eigenvalue weighted by atomic mass is 10.2. The second-order valence-corrected chi connectivity index (χ2v) is 4.28. The van der Waals surface area contributed by atoms with Gasteiger partial charge in [0.25, 0.3) is 0 Å². The highest BCUT2D eigenvalue weighted by molar-refractivity contribution is 7.99. The molecular weight excluding hydrogens is 210 g/mol. The lowest BCUT2D eigenvalue weighted by Crippen LogP contribution is -2.13. The first kappa shape index (κ1) is 11.8. The van der Waals surface area contributed by atoms with E-state index in [1.54, 1.807) is 17.8 Å². The quantitative estimate of drug-likeness (QED) is 0.270. The molecule has 4 nitrogen and oxygen atoms in total. The maximum Gasteiger partial charge on any atom is 0.170 e. The van der Waals surface area contributed by atoms with Gasteiger partial charge in [-0.25, -0.2) is 4.98 Å². The Morgan fingerprint density at radius 1 is 1.60 bits per heavy atom. The van der Waals surface area contributed by atoms with Crippen molar-refractivity contribution in [2.45, 2.75) is 25.3 Å². The minimum absolute atomic E-state index is 0.124. The summed E-state index contributed by atoms with van der Waals surface area (Å²) in [6.07, 6.45) is 1.10. The summed E-state index contributed by atoms with van der Waals surface area (Å²) in [5.74, 6) is 1.14. The predicted molar refractivity (Wildman–Crippen MR) is 62.5 cm³/mol. The molecule has 3 N–H and O–H groups in total. The van der Waals surface area contributed by atoms with Crippen LogP contribution in [0.25, 0.3) is 0 Å². The number of hydrogen-bond donors (Lipinski definition) is 2. The van der Waals surface area contributed by atoms with Gasteiger partial charge < -0.3 is 10.9 Å². The summed E-state index contributed by atoms with van der Waals surface area (Å²) in [5, 5.41) is 12.5. The smallest absolute Gasteiger partial charge is 0.170 e. The van der Waals surface area contributed by atoms with Crippen molar-refractivity contribution in [3.63, 3.8) is 0 Å². The van der Waals surface area contributed by atoms with Gasteiger partial charge in [0.1, 0.15) is 0 Å². The van der Waals surface area contributed by atoms with Crippen LogP contribution in [0.5, 0.6) is 0 Å². The highest BCUT2D eigenvalue weighted by atomic mass is 32.2. The van der Waals surface area contributed by atoms with Crippen LogP contribution in [0, 0.1) is 6.92 Å². The van der Waals surface area contributed by atoms with Crippen LogP contribution < -0.4 is 5.73 Å². The number of rotatable bonds is 4. The molecule has 82 valence electrons. The van der Waals surface area contributed by atoms with Crippen LogP contribution in [0.1, 0.15) is 24.6 Å². The monoisotopic (exact) mass is 225 g/mol. The molecule has 0 radical (unpaired) electrons. The molecule has 5 heteroatoms. The minimum Gasteiger partial charge on any atom is -0.409 e. The number of thioether (sulfide) groups is 1. The van der Waals surface area contributed by atoms with E-state index in [4.69, 9.17) is 10.9 Å². The van der Waals surface area contributed by atoms with Crippen molar-refractivity contribution in [1.82, 2.24) is 4.98 Å². The first-order valence-electron chi connectivity index (χ1n) is 4.76. The third kappa shape index (κ3) is 3.43. The van der Waals surface area contributed by atoms with Crippen molar-refractivity contribution in [2.24, 2.45) is 10.9 Å². The van der Waals surface area contributed by atoms with Gasteiger partial charge in [-0.3, -0.25) is 0 Å². The highest BCUT2D eigenvalue weighted by Crippen LogP contribution is 2.18. The number of nitrogens with zero attached hydrogens (tertiary/aromatic N) is 2.